The molecule has 10 heavy (non-hydrogen) atoms. The highest BCUT2D eigenvalue weighted by Crippen LogP contribution is 2.04. The van der Waals surface area contributed by atoms with E-state index in [1.807, 2.05) is 0 Å². The normalized spacial score (nSPS) is 11.7. The van der Waals surface area contributed by atoms with Gasteiger partial charge in [0.2, 0.25) is 0 Å². The fourth-order valence-corrected chi connectivity index (χ4v) is 0.702. The van der Waals surface area contributed by atoms with Crippen LogP contribution in [-0.4, -0.2) is 6.04 Å². The summed E-state index contributed by atoms with van der Waals surface area (Å²) in [6.07, 6.45) is 4.83. The van der Waals surface area contributed by atoms with Crippen molar-refractivity contribution in [1.29, 1.82) is 0 Å². The molecular weight excluding hydrogens is 126 g/mol. The van der Waals surface area contributed by atoms with Crippen molar-refractivity contribution in [2.24, 2.45) is 5.11 Å². The van der Waals surface area contributed by atoms with E-state index in [0.29, 0.717) is 0 Å². The van der Waals surface area contributed by atoms with E-state index in [1.54, 1.807) is 6.08 Å². The molecule has 1 atom stereocenters. The maximum absolute atomic E-state index is 8.08. The summed E-state index contributed by atoms with van der Waals surface area (Å²) in [6, 6.07) is -0.00931. The van der Waals surface area contributed by atoms with Crippen molar-refractivity contribution in [2.45, 2.75) is 32.2 Å². The molecule has 3 nitrogen and oxygen atoms in total. The second kappa shape index (κ2) is 6.17. The van der Waals surface area contributed by atoms with Crippen LogP contribution in [0.15, 0.2) is 17.8 Å². The lowest BCUT2D eigenvalue weighted by atomic mass is 10.1. The third-order valence-electron chi connectivity index (χ3n) is 1.33. The van der Waals surface area contributed by atoms with E-state index in [9.17, 15) is 0 Å². The standard InChI is InChI=1S/C7H13N3/c1-3-5-6-7(4-2)9-10-8/h4,7H,2-3,5-6H2,1H3/t7-/m1/s1. The summed E-state index contributed by atoms with van der Waals surface area (Å²) in [5, 5.41) is 3.54. The van der Waals surface area contributed by atoms with Crippen LogP contribution >= 0.6 is 0 Å². The quantitative estimate of drug-likeness (QED) is 0.243. The highest BCUT2D eigenvalue weighted by molar-refractivity contribution is 4.85. The fraction of sp³-hybridized carbons (Fsp3) is 0.714. The SMILES string of the molecule is C=C[C@H](CCCC)N=[N+]=[N-]. The Morgan fingerprint density at radius 2 is 2.50 bits per heavy atom. The molecule has 0 spiro atoms. The molecule has 3 heteroatoms. The van der Waals surface area contributed by atoms with Gasteiger partial charge in [-0.05, 0) is 12.0 Å². The van der Waals surface area contributed by atoms with Crippen molar-refractivity contribution >= 4 is 0 Å². The topological polar surface area (TPSA) is 48.8 Å². The molecule has 0 N–H and O–H groups in total. The Balaban J connectivity index is 3.60. The second-order valence-corrected chi connectivity index (χ2v) is 2.15. The van der Waals surface area contributed by atoms with E-state index in [-0.39, 0.29) is 6.04 Å². The zero-order chi connectivity index (χ0) is 7.82. The van der Waals surface area contributed by atoms with Crippen LogP contribution in [-0.2, 0) is 0 Å². The summed E-state index contributed by atoms with van der Waals surface area (Å²) in [7, 11) is 0. The molecule has 0 heterocycles. The largest absolute Gasteiger partial charge is 0.103 e. The van der Waals surface area contributed by atoms with Gasteiger partial charge in [-0.25, -0.2) is 0 Å². The van der Waals surface area contributed by atoms with E-state index in [4.69, 9.17) is 5.53 Å². The molecular formula is C7H13N3. The van der Waals surface area contributed by atoms with E-state index < -0.39 is 0 Å². The molecule has 0 aliphatic heterocycles. The van der Waals surface area contributed by atoms with E-state index in [0.717, 1.165) is 19.3 Å². The molecule has 0 aromatic rings. The number of nitrogens with zero attached hydrogens (tertiary/aromatic N) is 3. The van der Waals surface area contributed by atoms with Crippen molar-refractivity contribution in [3.63, 3.8) is 0 Å². The summed E-state index contributed by atoms with van der Waals surface area (Å²) in [6.45, 7) is 5.68. The van der Waals surface area contributed by atoms with Crippen molar-refractivity contribution in [3.8, 4) is 0 Å². The summed E-state index contributed by atoms with van der Waals surface area (Å²) in [4.78, 5) is 2.71. The molecule has 0 aromatic carbocycles. The van der Waals surface area contributed by atoms with Crippen LogP contribution < -0.4 is 0 Å². The predicted molar refractivity (Wildman–Crippen MR) is 42.7 cm³/mol. The maximum atomic E-state index is 8.08. The van der Waals surface area contributed by atoms with Gasteiger partial charge in [0, 0.05) is 4.91 Å². The lowest BCUT2D eigenvalue weighted by molar-refractivity contribution is 0.653. The lowest BCUT2D eigenvalue weighted by Gasteiger charge is -2.01. The Morgan fingerprint density at radius 1 is 1.80 bits per heavy atom. The number of hydrogen-bond acceptors (Lipinski definition) is 1. The molecule has 0 fully saturated rings. The summed E-state index contributed by atoms with van der Waals surface area (Å²) >= 11 is 0. The molecule has 0 aliphatic rings. The van der Waals surface area contributed by atoms with E-state index in [2.05, 4.69) is 23.5 Å². The summed E-state index contributed by atoms with van der Waals surface area (Å²) in [5.74, 6) is 0. The first-order valence-electron chi connectivity index (χ1n) is 3.52. The number of hydrogen-bond donors (Lipinski definition) is 0. The Hall–Kier alpha value is -0.950. The van der Waals surface area contributed by atoms with Crippen LogP contribution in [0, 0.1) is 0 Å². The van der Waals surface area contributed by atoms with Gasteiger partial charge in [-0.1, -0.05) is 31.0 Å². The second-order valence-electron chi connectivity index (χ2n) is 2.15. The predicted octanol–water partition coefficient (Wildman–Crippen LogP) is 3.04. The summed E-state index contributed by atoms with van der Waals surface area (Å²) in [5.41, 5.74) is 8.08. The first-order valence-corrected chi connectivity index (χ1v) is 3.52. The van der Waals surface area contributed by atoms with Gasteiger partial charge < -0.3 is 0 Å². The molecule has 0 saturated heterocycles. The Labute approximate surface area is 61.4 Å². The van der Waals surface area contributed by atoms with Crippen LogP contribution in [0.2, 0.25) is 0 Å². The summed E-state index contributed by atoms with van der Waals surface area (Å²) < 4.78 is 0. The van der Waals surface area contributed by atoms with Crippen LogP contribution in [0.3, 0.4) is 0 Å². The minimum absolute atomic E-state index is 0.00931. The van der Waals surface area contributed by atoms with Gasteiger partial charge in [0.1, 0.15) is 0 Å². The van der Waals surface area contributed by atoms with Crippen molar-refractivity contribution < 1.29 is 0 Å². The zero-order valence-electron chi connectivity index (χ0n) is 6.32. The molecule has 0 aromatic heterocycles. The van der Waals surface area contributed by atoms with Gasteiger partial charge in [0.05, 0.1) is 6.04 Å². The molecule has 0 bridgehead atoms. The van der Waals surface area contributed by atoms with Crippen molar-refractivity contribution in [1.82, 2.24) is 0 Å². The van der Waals surface area contributed by atoms with Crippen molar-refractivity contribution in [3.05, 3.63) is 23.1 Å². The van der Waals surface area contributed by atoms with Gasteiger partial charge in [-0.3, -0.25) is 0 Å². The lowest BCUT2D eigenvalue weighted by Crippen LogP contribution is -1.96. The molecule has 0 unspecified atom stereocenters. The van der Waals surface area contributed by atoms with E-state index in [1.165, 1.54) is 0 Å². The zero-order valence-corrected chi connectivity index (χ0v) is 6.32. The molecule has 0 saturated carbocycles. The first-order chi connectivity index (χ1) is 4.85. The van der Waals surface area contributed by atoms with Gasteiger partial charge in [0.15, 0.2) is 0 Å². The van der Waals surface area contributed by atoms with Gasteiger partial charge in [0.25, 0.3) is 0 Å². The van der Waals surface area contributed by atoms with Gasteiger partial charge in [-0.15, -0.1) is 6.58 Å². The third kappa shape index (κ3) is 3.98. The number of unbranched alkanes of at least 4 members (excludes halogenated alkanes) is 1. The number of azide groups is 1. The average Bonchev–Trinajstić information content (AvgIpc) is 1.98. The minimum atomic E-state index is -0.00931. The molecule has 56 valence electrons. The Morgan fingerprint density at radius 3 is 2.90 bits per heavy atom. The Kier molecular flexibility index (Phi) is 5.59. The molecule has 0 aliphatic carbocycles. The monoisotopic (exact) mass is 139 g/mol. The Bertz CT molecular complexity index is 136. The highest BCUT2D eigenvalue weighted by atomic mass is 15.1. The molecule has 0 radical (unpaired) electrons. The van der Waals surface area contributed by atoms with Gasteiger partial charge in [-0.2, -0.15) is 0 Å². The van der Waals surface area contributed by atoms with Crippen molar-refractivity contribution in [2.75, 3.05) is 0 Å². The smallest absolute Gasteiger partial charge is 0.0552 e. The van der Waals surface area contributed by atoms with E-state index >= 15 is 0 Å². The maximum Gasteiger partial charge on any atom is 0.0552 e. The average molecular weight is 139 g/mol. The number of rotatable bonds is 5. The van der Waals surface area contributed by atoms with Gasteiger partial charge >= 0.3 is 0 Å². The molecule has 0 rings (SSSR count). The molecule has 0 amide bonds. The van der Waals surface area contributed by atoms with Crippen LogP contribution in [0.25, 0.3) is 10.4 Å². The van der Waals surface area contributed by atoms with Crippen LogP contribution in [0.1, 0.15) is 26.2 Å². The minimum Gasteiger partial charge on any atom is -0.103 e. The highest BCUT2D eigenvalue weighted by Gasteiger charge is 1.97. The third-order valence-corrected chi connectivity index (χ3v) is 1.33. The van der Waals surface area contributed by atoms with Crippen LogP contribution in [0.5, 0.6) is 0 Å². The van der Waals surface area contributed by atoms with Crippen LogP contribution in [0.4, 0.5) is 0 Å². The fourth-order valence-electron chi connectivity index (χ4n) is 0.702. The first kappa shape index (κ1) is 9.05.